The number of rotatable bonds is 3. The van der Waals surface area contributed by atoms with Crippen molar-refractivity contribution in [1.82, 2.24) is 24.1 Å². The average molecular weight is 341 g/mol. The maximum Gasteiger partial charge on any atom is 0.262 e. The molecule has 1 unspecified atom stereocenters. The molecule has 1 N–H and O–H groups in total. The van der Waals surface area contributed by atoms with Gasteiger partial charge in [-0.25, -0.2) is 0 Å². The lowest BCUT2D eigenvalue weighted by Crippen LogP contribution is -2.37. The molecule has 25 heavy (non-hydrogen) atoms. The number of nitrogens with zero attached hydrogens (tertiary/aromatic N) is 5. The molecule has 0 spiro atoms. The van der Waals surface area contributed by atoms with Gasteiger partial charge in [-0.05, 0) is 50.9 Å². The monoisotopic (exact) mass is 341 g/mol. The minimum atomic E-state index is -0.241. The summed E-state index contributed by atoms with van der Waals surface area (Å²) in [5, 5.41) is 19.0. The van der Waals surface area contributed by atoms with Crippen LogP contribution in [0.3, 0.4) is 0 Å². The SMILES string of the molecule is CC(O)C1CCN(Cc2nnc3n(C)c(=O)c4ccccc4n23)CC1. The molecule has 7 nitrogen and oxygen atoms in total. The fourth-order valence-electron chi connectivity index (χ4n) is 3.79. The second-order valence-corrected chi connectivity index (χ2v) is 6.99. The van der Waals surface area contributed by atoms with Crippen molar-refractivity contribution in [3.63, 3.8) is 0 Å². The zero-order chi connectivity index (χ0) is 17.6. The number of aromatic nitrogens is 4. The van der Waals surface area contributed by atoms with Crippen molar-refractivity contribution in [1.29, 1.82) is 0 Å². The van der Waals surface area contributed by atoms with Gasteiger partial charge in [-0.3, -0.25) is 18.7 Å². The van der Waals surface area contributed by atoms with Gasteiger partial charge < -0.3 is 5.11 Å². The third kappa shape index (κ3) is 2.73. The van der Waals surface area contributed by atoms with E-state index in [0.717, 1.165) is 37.3 Å². The average Bonchev–Trinajstić information content (AvgIpc) is 3.04. The van der Waals surface area contributed by atoms with E-state index in [-0.39, 0.29) is 11.7 Å². The first-order valence-corrected chi connectivity index (χ1v) is 8.78. The van der Waals surface area contributed by atoms with Crippen LogP contribution in [0.1, 0.15) is 25.6 Å². The van der Waals surface area contributed by atoms with Gasteiger partial charge in [0.25, 0.3) is 5.56 Å². The van der Waals surface area contributed by atoms with Gasteiger partial charge in [-0.15, -0.1) is 10.2 Å². The van der Waals surface area contributed by atoms with E-state index in [1.54, 1.807) is 11.6 Å². The molecule has 4 rings (SSSR count). The van der Waals surface area contributed by atoms with Crippen LogP contribution in [-0.2, 0) is 13.6 Å². The van der Waals surface area contributed by atoms with Crippen LogP contribution in [0, 0.1) is 5.92 Å². The molecule has 1 aliphatic rings. The zero-order valence-corrected chi connectivity index (χ0v) is 14.6. The fourth-order valence-corrected chi connectivity index (χ4v) is 3.79. The highest BCUT2D eigenvalue weighted by Gasteiger charge is 2.24. The molecule has 132 valence electrons. The summed E-state index contributed by atoms with van der Waals surface area (Å²) in [7, 11) is 1.73. The summed E-state index contributed by atoms with van der Waals surface area (Å²) in [6.07, 6.45) is 1.75. The van der Waals surface area contributed by atoms with Gasteiger partial charge in [-0.2, -0.15) is 0 Å². The Kier molecular flexibility index (Phi) is 4.05. The van der Waals surface area contributed by atoms with Gasteiger partial charge in [0.15, 0.2) is 5.82 Å². The first kappa shape index (κ1) is 16.2. The largest absolute Gasteiger partial charge is 0.393 e. The Morgan fingerprint density at radius 3 is 2.68 bits per heavy atom. The Balaban J connectivity index is 1.71. The minimum absolute atomic E-state index is 0.0557. The molecule has 7 heteroatoms. The molecule has 1 fully saturated rings. The summed E-state index contributed by atoms with van der Waals surface area (Å²) < 4.78 is 3.54. The van der Waals surface area contributed by atoms with E-state index in [9.17, 15) is 9.90 Å². The zero-order valence-electron chi connectivity index (χ0n) is 14.6. The maximum absolute atomic E-state index is 12.5. The summed E-state index contributed by atoms with van der Waals surface area (Å²) in [5.41, 5.74) is 0.791. The Bertz CT molecular complexity index is 967. The normalized spacial score (nSPS) is 18.2. The summed E-state index contributed by atoms with van der Waals surface area (Å²) in [4.78, 5) is 14.8. The number of likely N-dealkylation sites (tertiary alicyclic amines) is 1. The second kappa shape index (κ2) is 6.24. The van der Waals surface area contributed by atoms with E-state index >= 15 is 0 Å². The van der Waals surface area contributed by atoms with Crippen LogP contribution < -0.4 is 5.56 Å². The Morgan fingerprint density at radius 1 is 1.24 bits per heavy atom. The van der Waals surface area contributed by atoms with Crippen molar-refractivity contribution in [2.24, 2.45) is 13.0 Å². The molecule has 0 amide bonds. The molecular weight excluding hydrogens is 318 g/mol. The lowest BCUT2D eigenvalue weighted by atomic mass is 9.92. The number of aliphatic hydroxyl groups excluding tert-OH is 1. The number of aryl methyl sites for hydroxylation is 1. The summed E-state index contributed by atoms with van der Waals surface area (Å²) in [6.45, 7) is 4.44. The summed E-state index contributed by atoms with van der Waals surface area (Å²) >= 11 is 0. The molecule has 1 aliphatic heterocycles. The van der Waals surface area contributed by atoms with Crippen molar-refractivity contribution in [3.8, 4) is 0 Å². The smallest absolute Gasteiger partial charge is 0.262 e. The highest BCUT2D eigenvalue weighted by Crippen LogP contribution is 2.22. The number of hydrogen-bond donors (Lipinski definition) is 1. The third-order valence-corrected chi connectivity index (χ3v) is 5.37. The van der Waals surface area contributed by atoms with Crippen molar-refractivity contribution >= 4 is 16.7 Å². The van der Waals surface area contributed by atoms with Gasteiger partial charge in [0, 0.05) is 7.05 Å². The molecule has 3 heterocycles. The Labute approximate surface area is 145 Å². The molecule has 1 aromatic carbocycles. The van der Waals surface area contributed by atoms with Crippen LogP contribution in [0.5, 0.6) is 0 Å². The standard InChI is InChI=1S/C18H23N5O2/c1-12(24)13-7-9-22(10-8-13)11-16-19-20-18-21(2)17(25)14-5-3-4-6-15(14)23(16)18/h3-6,12-13,24H,7-11H2,1-2H3. The highest BCUT2D eigenvalue weighted by molar-refractivity contribution is 5.80. The van der Waals surface area contributed by atoms with Crippen LogP contribution >= 0.6 is 0 Å². The number of benzene rings is 1. The first-order valence-electron chi connectivity index (χ1n) is 8.78. The molecule has 0 aliphatic carbocycles. The number of hydrogen-bond acceptors (Lipinski definition) is 5. The molecule has 0 bridgehead atoms. The second-order valence-electron chi connectivity index (χ2n) is 6.99. The Morgan fingerprint density at radius 2 is 1.96 bits per heavy atom. The van der Waals surface area contributed by atoms with Crippen LogP contribution in [-0.4, -0.2) is 48.4 Å². The van der Waals surface area contributed by atoms with E-state index in [1.807, 2.05) is 35.6 Å². The topological polar surface area (TPSA) is 75.7 Å². The van der Waals surface area contributed by atoms with Gasteiger partial charge in [0.1, 0.15) is 0 Å². The lowest BCUT2D eigenvalue weighted by Gasteiger charge is -2.32. The number of para-hydroxylation sites is 1. The highest BCUT2D eigenvalue weighted by atomic mass is 16.3. The summed E-state index contributed by atoms with van der Waals surface area (Å²) in [6, 6.07) is 7.59. The minimum Gasteiger partial charge on any atom is -0.393 e. The van der Waals surface area contributed by atoms with Gasteiger partial charge >= 0.3 is 0 Å². The van der Waals surface area contributed by atoms with Gasteiger partial charge in [0.05, 0.1) is 23.6 Å². The first-order chi connectivity index (χ1) is 12.1. The van der Waals surface area contributed by atoms with Crippen molar-refractivity contribution in [3.05, 3.63) is 40.4 Å². The molecule has 1 saturated heterocycles. The van der Waals surface area contributed by atoms with Crippen LogP contribution in [0.2, 0.25) is 0 Å². The van der Waals surface area contributed by atoms with Crippen LogP contribution in [0.15, 0.2) is 29.1 Å². The van der Waals surface area contributed by atoms with E-state index in [1.165, 1.54) is 0 Å². The van der Waals surface area contributed by atoms with Crippen LogP contribution in [0.25, 0.3) is 16.7 Å². The molecule has 3 aromatic rings. The Hall–Kier alpha value is -2.25. The van der Waals surface area contributed by atoms with E-state index < -0.39 is 0 Å². The third-order valence-electron chi connectivity index (χ3n) is 5.37. The predicted octanol–water partition coefficient (Wildman–Crippen LogP) is 1.17. The summed E-state index contributed by atoms with van der Waals surface area (Å²) in [5.74, 6) is 1.79. The van der Waals surface area contributed by atoms with E-state index in [0.29, 0.717) is 23.6 Å². The van der Waals surface area contributed by atoms with Crippen LogP contribution in [0.4, 0.5) is 0 Å². The lowest BCUT2D eigenvalue weighted by molar-refractivity contribution is 0.0686. The maximum atomic E-state index is 12.5. The van der Waals surface area contributed by atoms with Crippen molar-refractivity contribution in [2.75, 3.05) is 13.1 Å². The molecule has 0 saturated carbocycles. The molecule has 0 radical (unpaired) electrons. The predicted molar refractivity (Wildman–Crippen MR) is 95.4 cm³/mol. The van der Waals surface area contributed by atoms with Gasteiger partial charge in [0.2, 0.25) is 5.78 Å². The van der Waals surface area contributed by atoms with Gasteiger partial charge in [-0.1, -0.05) is 12.1 Å². The number of aliphatic hydroxyl groups is 1. The van der Waals surface area contributed by atoms with Crippen molar-refractivity contribution < 1.29 is 5.11 Å². The number of fused-ring (bicyclic) bond motifs is 3. The molecule has 2 aromatic heterocycles. The fraction of sp³-hybridized carbons (Fsp3) is 0.500. The van der Waals surface area contributed by atoms with E-state index in [4.69, 9.17) is 0 Å². The molecular formula is C18H23N5O2. The van der Waals surface area contributed by atoms with Crippen molar-refractivity contribution in [2.45, 2.75) is 32.4 Å². The number of piperidine rings is 1. The van der Waals surface area contributed by atoms with E-state index in [2.05, 4.69) is 15.1 Å². The molecule has 1 atom stereocenters. The quantitative estimate of drug-likeness (QED) is 0.774.